The molecule has 2 aromatic carbocycles. The average molecular weight is 266 g/mol. The minimum atomic E-state index is -1.02. The van der Waals surface area contributed by atoms with E-state index in [9.17, 15) is 8.78 Å². The van der Waals surface area contributed by atoms with Crippen LogP contribution in [0.2, 0.25) is 5.02 Å². The smallest absolute Gasteiger partial charge is 0.162 e. The topological polar surface area (TPSA) is 33.0 Å². The maximum Gasteiger partial charge on any atom is 0.162 e. The van der Waals surface area contributed by atoms with E-state index >= 15 is 0 Å². The summed E-state index contributed by atoms with van der Waals surface area (Å²) in [6, 6.07) is 9.48. The van der Waals surface area contributed by atoms with Crippen LogP contribution in [0.3, 0.4) is 0 Å². The Hall–Kier alpha value is -2.12. The second-order valence-electron chi connectivity index (χ2n) is 3.43. The van der Waals surface area contributed by atoms with Crippen LogP contribution in [0.1, 0.15) is 5.56 Å². The van der Waals surface area contributed by atoms with Crippen LogP contribution in [0, 0.1) is 23.0 Å². The number of hydrogen-bond acceptors (Lipinski definition) is 2. The number of nitriles is 1. The molecule has 0 aliphatic rings. The molecule has 5 heteroatoms. The predicted octanol–water partition coefficient (Wildman–Crippen LogP) is 4.28. The Balaban J connectivity index is 2.36. The highest BCUT2D eigenvalue weighted by atomic mass is 35.5. The van der Waals surface area contributed by atoms with Gasteiger partial charge in [0.05, 0.1) is 5.56 Å². The second-order valence-corrected chi connectivity index (χ2v) is 3.87. The molecule has 18 heavy (non-hydrogen) atoms. The molecule has 90 valence electrons. The highest BCUT2D eigenvalue weighted by Crippen LogP contribution is 2.28. The number of benzene rings is 2. The monoisotopic (exact) mass is 265 g/mol. The van der Waals surface area contributed by atoms with Gasteiger partial charge in [0.1, 0.15) is 17.6 Å². The van der Waals surface area contributed by atoms with Crippen molar-refractivity contribution in [3.8, 4) is 17.6 Å². The molecule has 0 aromatic heterocycles. The summed E-state index contributed by atoms with van der Waals surface area (Å²) in [5.41, 5.74) is 0.254. The number of ether oxygens (including phenoxy) is 1. The van der Waals surface area contributed by atoms with Crippen molar-refractivity contribution >= 4 is 11.6 Å². The van der Waals surface area contributed by atoms with Gasteiger partial charge in [-0.25, -0.2) is 8.78 Å². The van der Waals surface area contributed by atoms with Crippen molar-refractivity contribution in [3.63, 3.8) is 0 Å². The Kier molecular flexibility index (Phi) is 3.45. The van der Waals surface area contributed by atoms with Crippen LogP contribution in [0.25, 0.3) is 0 Å². The van der Waals surface area contributed by atoms with Crippen molar-refractivity contribution in [2.45, 2.75) is 0 Å². The van der Waals surface area contributed by atoms with E-state index in [-0.39, 0.29) is 17.1 Å². The Bertz CT molecular complexity index is 637. The lowest BCUT2D eigenvalue weighted by Crippen LogP contribution is -1.90. The van der Waals surface area contributed by atoms with E-state index in [2.05, 4.69) is 0 Å². The number of nitrogens with zero attached hydrogens (tertiary/aromatic N) is 1. The van der Waals surface area contributed by atoms with Gasteiger partial charge in [-0.15, -0.1) is 0 Å². The molecular weight excluding hydrogens is 260 g/mol. The van der Waals surface area contributed by atoms with E-state index in [1.807, 2.05) is 6.07 Å². The Morgan fingerprint density at radius 2 is 1.83 bits per heavy atom. The third-order valence-corrected chi connectivity index (χ3v) is 2.42. The standard InChI is InChI=1S/C13H6ClF2NO/c14-9-2-1-8(7-17)13(5-9)18-10-3-4-11(15)12(16)6-10/h1-6H. The molecule has 0 amide bonds. The molecule has 0 unspecified atom stereocenters. The first-order chi connectivity index (χ1) is 8.60. The number of hydrogen-bond donors (Lipinski definition) is 0. The molecule has 0 fully saturated rings. The summed E-state index contributed by atoms with van der Waals surface area (Å²) in [6.45, 7) is 0. The van der Waals surface area contributed by atoms with Gasteiger partial charge in [0.15, 0.2) is 11.6 Å². The van der Waals surface area contributed by atoms with Gasteiger partial charge in [0.2, 0.25) is 0 Å². The normalized spacial score (nSPS) is 9.89. The van der Waals surface area contributed by atoms with Crippen molar-refractivity contribution in [2.75, 3.05) is 0 Å². The fourth-order valence-electron chi connectivity index (χ4n) is 1.34. The molecule has 0 spiro atoms. The molecule has 2 nitrogen and oxygen atoms in total. The van der Waals surface area contributed by atoms with Crippen molar-refractivity contribution in [3.05, 3.63) is 58.6 Å². The first kappa shape index (κ1) is 12.3. The quantitative estimate of drug-likeness (QED) is 0.812. The van der Waals surface area contributed by atoms with Crippen molar-refractivity contribution < 1.29 is 13.5 Å². The van der Waals surface area contributed by atoms with E-state index in [1.54, 1.807) is 0 Å². The van der Waals surface area contributed by atoms with E-state index in [1.165, 1.54) is 24.3 Å². The molecular formula is C13H6ClF2NO. The summed E-state index contributed by atoms with van der Waals surface area (Å²) >= 11 is 5.77. The molecule has 2 aromatic rings. The first-order valence-electron chi connectivity index (χ1n) is 4.92. The Labute approximate surface area is 107 Å². The van der Waals surface area contributed by atoms with Crippen LogP contribution in [0.15, 0.2) is 36.4 Å². The minimum Gasteiger partial charge on any atom is -0.456 e. The molecule has 0 aliphatic carbocycles. The van der Waals surface area contributed by atoms with Gasteiger partial charge < -0.3 is 4.74 Å². The van der Waals surface area contributed by atoms with Crippen LogP contribution >= 0.6 is 11.6 Å². The SMILES string of the molecule is N#Cc1ccc(Cl)cc1Oc1ccc(F)c(F)c1. The van der Waals surface area contributed by atoms with Crippen LogP contribution in [-0.2, 0) is 0 Å². The van der Waals surface area contributed by atoms with E-state index in [0.717, 1.165) is 12.1 Å². The lowest BCUT2D eigenvalue weighted by molar-refractivity contribution is 0.460. The maximum atomic E-state index is 13.0. The molecule has 0 bridgehead atoms. The summed E-state index contributed by atoms with van der Waals surface area (Å²) in [5, 5.41) is 9.26. The van der Waals surface area contributed by atoms with Gasteiger partial charge >= 0.3 is 0 Å². The molecule has 0 heterocycles. The lowest BCUT2D eigenvalue weighted by atomic mass is 10.2. The van der Waals surface area contributed by atoms with Crippen molar-refractivity contribution in [1.82, 2.24) is 0 Å². The second kappa shape index (κ2) is 5.03. The fourth-order valence-corrected chi connectivity index (χ4v) is 1.50. The molecule has 0 aliphatic heterocycles. The van der Waals surface area contributed by atoms with Crippen molar-refractivity contribution in [2.24, 2.45) is 0 Å². The highest BCUT2D eigenvalue weighted by Gasteiger charge is 2.08. The van der Waals surface area contributed by atoms with Crippen molar-refractivity contribution in [1.29, 1.82) is 5.26 Å². The first-order valence-corrected chi connectivity index (χ1v) is 5.30. The molecule has 2 rings (SSSR count). The van der Waals surface area contributed by atoms with Crippen LogP contribution in [0.4, 0.5) is 8.78 Å². The average Bonchev–Trinajstić information content (AvgIpc) is 2.34. The van der Waals surface area contributed by atoms with Gasteiger partial charge in [0, 0.05) is 17.2 Å². The molecule has 0 saturated carbocycles. The van der Waals surface area contributed by atoms with E-state index in [4.69, 9.17) is 21.6 Å². The van der Waals surface area contributed by atoms with Gasteiger partial charge in [-0.2, -0.15) is 5.26 Å². The van der Waals surface area contributed by atoms with Crippen LogP contribution in [-0.4, -0.2) is 0 Å². The van der Waals surface area contributed by atoms with Gasteiger partial charge in [-0.3, -0.25) is 0 Å². The summed E-state index contributed by atoms with van der Waals surface area (Å²) in [4.78, 5) is 0. The van der Waals surface area contributed by atoms with Gasteiger partial charge in [-0.1, -0.05) is 11.6 Å². The zero-order chi connectivity index (χ0) is 13.1. The zero-order valence-corrected chi connectivity index (χ0v) is 9.71. The summed E-state index contributed by atoms with van der Waals surface area (Å²) in [7, 11) is 0. The molecule has 0 atom stereocenters. The van der Waals surface area contributed by atoms with Gasteiger partial charge in [-0.05, 0) is 24.3 Å². The predicted molar refractivity (Wildman–Crippen MR) is 62.6 cm³/mol. The lowest BCUT2D eigenvalue weighted by Gasteiger charge is -2.07. The zero-order valence-electron chi connectivity index (χ0n) is 8.95. The van der Waals surface area contributed by atoms with E-state index < -0.39 is 11.6 Å². The summed E-state index contributed by atoms with van der Waals surface area (Å²) in [6.07, 6.45) is 0. The number of rotatable bonds is 2. The molecule has 0 N–H and O–H groups in total. The Morgan fingerprint density at radius 3 is 2.50 bits per heavy atom. The Morgan fingerprint density at radius 1 is 1.06 bits per heavy atom. The van der Waals surface area contributed by atoms with E-state index in [0.29, 0.717) is 5.02 Å². The van der Waals surface area contributed by atoms with Crippen LogP contribution in [0.5, 0.6) is 11.5 Å². The maximum absolute atomic E-state index is 13.0. The third kappa shape index (κ3) is 2.58. The molecule has 0 saturated heterocycles. The summed E-state index contributed by atoms with van der Waals surface area (Å²) in [5.74, 6) is -1.70. The largest absolute Gasteiger partial charge is 0.456 e. The minimum absolute atomic E-state index is 0.0904. The highest BCUT2D eigenvalue weighted by molar-refractivity contribution is 6.30. The third-order valence-electron chi connectivity index (χ3n) is 2.18. The van der Waals surface area contributed by atoms with Crippen LogP contribution < -0.4 is 4.74 Å². The summed E-state index contributed by atoms with van der Waals surface area (Å²) < 4.78 is 31.0. The fraction of sp³-hybridized carbons (Fsp3) is 0. The number of halogens is 3. The molecule has 0 radical (unpaired) electrons. The van der Waals surface area contributed by atoms with Gasteiger partial charge in [0.25, 0.3) is 0 Å².